The Hall–Kier alpha value is -1.77. The van der Waals surface area contributed by atoms with Crippen LogP contribution in [0, 0.1) is 0 Å². The third kappa shape index (κ3) is 2.14. The van der Waals surface area contributed by atoms with Crippen molar-refractivity contribution in [3.8, 4) is 5.75 Å². The molecule has 1 unspecified atom stereocenters. The number of rotatable bonds is 2. The third-order valence-corrected chi connectivity index (χ3v) is 3.69. The van der Waals surface area contributed by atoms with E-state index in [0.717, 1.165) is 16.9 Å². The van der Waals surface area contributed by atoms with Gasteiger partial charge in [-0.1, -0.05) is 54.1 Å². The molecule has 1 aliphatic rings. The van der Waals surface area contributed by atoms with Crippen molar-refractivity contribution >= 4 is 16.6 Å². The third-order valence-electron chi connectivity index (χ3n) is 3.24. The average molecular weight is 273 g/mol. The summed E-state index contributed by atoms with van der Waals surface area (Å²) in [6.07, 6.45) is -0.325. The molecule has 1 atom stereocenters. The van der Waals surface area contributed by atoms with Crippen LogP contribution in [0.5, 0.6) is 5.75 Å². The van der Waals surface area contributed by atoms with Gasteiger partial charge in [0.05, 0.1) is 11.6 Å². The molecule has 0 fully saturated rings. The minimum Gasteiger partial charge on any atom is -0.480 e. The lowest BCUT2D eigenvalue weighted by molar-refractivity contribution is 0.209. The summed E-state index contributed by atoms with van der Waals surface area (Å²) in [6.45, 7) is -0.118. The smallest absolute Gasteiger partial charge is 0.149 e. The first-order valence-corrected chi connectivity index (χ1v) is 6.49. The highest BCUT2D eigenvalue weighted by molar-refractivity contribution is 6.49. The lowest BCUT2D eigenvalue weighted by Gasteiger charge is -2.28. The van der Waals surface area contributed by atoms with E-state index in [0.29, 0.717) is 10.6 Å². The quantitative estimate of drug-likeness (QED) is 0.902. The molecule has 3 heteroatoms. The summed E-state index contributed by atoms with van der Waals surface area (Å²) in [5.41, 5.74) is 2.52. The van der Waals surface area contributed by atoms with Crippen LogP contribution in [0.1, 0.15) is 17.2 Å². The molecule has 0 saturated heterocycles. The molecular weight excluding hydrogens is 260 g/mol. The molecule has 96 valence electrons. The van der Waals surface area contributed by atoms with Gasteiger partial charge in [-0.15, -0.1) is 0 Å². The highest BCUT2D eigenvalue weighted by Gasteiger charge is 2.28. The number of hydrogen-bond acceptors (Lipinski definition) is 2. The predicted octanol–water partition coefficient (Wildman–Crippen LogP) is 3.76. The number of ether oxygens (including phenoxy) is 1. The molecule has 2 aromatic carbocycles. The van der Waals surface area contributed by atoms with E-state index >= 15 is 0 Å². The van der Waals surface area contributed by atoms with Gasteiger partial charge in [0.25, 0.3) is 0 Å². The minimum atomic E-state index is -0.325. The van der Waals surface area contributed by atoms with Crippen LogP contribution in [0.15, 0.2) is 60.2 Å². The number of hydrogen-bond donors (Lipinski definition) is 1. The standard InChI is InChI=1S/C16H13ClO2/c17-15-12-8-4-5-9-14(12)19-16(13(15)10-18)11-6-2-1-3-7-11/h1-9,16,18H,10H2. The van der Waals surface area contributed by atoms with Gasteiger partial charge in [-0.25, -0.2) is 0 Å². The van der Waals surface area contributed by atoms with Crippen LogP contribution in [-0.2, 0) is 0 Å². The first-order chi connectivity index (χ1) is 9.31. The van der Waals surface area contributed by atoms with Gasteiger partial charge in [0.1, 0.15) is 11.9 Å². The monoisotopic (exact) mass is 272 g/mol. The topological polar surface area (TPSA) is 29.5 Å². The van der Waals surface area contributed by atoms with E-state index in [9.17, 15) is 5.11 Å². The summed E-state index contributed by atoms with van der Waals surface area (Å²) in [7, 11) is 0. The molecule has 2 aromatic rings. The maximum absolute atomic E-state index is 9.60. The van der Waals surface area contributed by atoms with E-state index in [2.05, 4.69) is 0 Å². The molecule has 1 heterocycles. The highest BCUT2D eigenvalue weighted by atomic mass is 35.5. The van der Waals surface area contributed by atoms with Crippen LogP contribution >= 0.6 is 11.6 Å². The number of aliphatic hydroxyl groups excluding tert-OH is 1. The van der Waals surface area contributed by atoms with Crippen molar-refractivity contribution in [2.75, 3.05) is 6.61 Å². The summed E-state index contributed by atoms with van der Waals surface area (Å²) in [6, 6.07) is 17.4. The van der Waals surface area contributed by atoms with Gasteiger partial charge in [0, 0.05) is 11.1 Å². The van der Waals surface area contributed by atoms with Gasteiger partial charge < -0.3 is 9.84 Å². The predicted molar refractivity (Wildman–Crippen MR) is 76.1 cm³/mol. The summed E-state index contributed by atoms with van der Waals surface area (Å²) in [5, 5.41) is 10.2. The van der Waals surface area contributed by atoms with Gasteiger partial charge in [0.2, 0.25) is 0 Å². The second kappa shape index (κ2) is 5.08. The van der Waals surface area contributed by atoms with Crippen LogP contribution in [0.2, 0.25) is 0 Å². The van der Waals surface area contributed by atoms with E-state index in [4.69, 9.17) is 16.3 Å². The molecule has 0 saturated carbocycles. The lowest BCUT2D eigenvalue weighted by atomic mass is 9.96. The molecular formula is C16H13ClO2. The average Bonchev–Trinajstić information content (AvgIpc) is 2.48. The zero-order valence-electron chi connectivity index (χ0n) is 10.2. The second-order valence-electron chi connectivity index (χ2n) is 4.40. The van der Waals surface area contributed by atoms with Crippen molar-refractivity contribution in [3.05, 3.63) is 71.3 Å². The van der Waals surface area contributed by atoms with Crippen LogP contribution in [0.3, 0.4) is 0 Å². The molecule has 2 nitrogen and oxygen atoms in total. The van der Waals surface area contributed by atoms with Crippen molar-refractivity contribution in [2.24, 2.45) is 0 Å². The zero-order valence-corrected chi connectivity index (χ0v) is 11.0. The maximum Gasteiger partial charge on any atom is 0.149 e. The molecule has 19 heavy (non-hydrogen) atoms. The lowest BCUT2D eigenvalue weighted by Crippen LogP contribution is -2.18. The van der Waals surface area contributed by atoms with Crippen LogP contribution in [0.25, 0.3) is 5.03 Å². The molecule has 3 rings (SSSR count). The van der Waals surface area contributed by atoms with Gasteiger partial charge in [-0.05, 0) is 17.7 Å². The Morgan fingerprint density at radius 3 is 2.42 bits per heavy atom. The zero-order chi connectivity index (χ0) is 13.2. The number of benzene rings is 2. The van der Waals surface area contributed by atoms with Crippen molar-refractivity contribution in [1.82, 2.24) is 0 Å². The first-order valence-electron chi connectivity index (χ1n) is 6.11. The largest absolute Gasteiger partial charge is 0.480 e. The van der Waals surface area contributed by atoms with Crippen molar-refractivity contribution in [3.63, 3.8) is 0 Å². The Morgan fingerprint density at radius 2 is 1.68 bits per heavy atom. The number of aliphatic hydroxyl groups is 1. The van der Waals surface area contributed by atoms with Gasteiger partial charge in [-0.3, -0.25) is 0 Å². The first kappa shape index (κ1) is 12.3. The van der Waals surface area contributed by atoms with Gasteiger partial charge in [-0.2, -0.15) is 0 Å². The Bertz CT molecular complexity index is 620. The minimum absolute atomic E-state index is 0.118. The Kier molecular flexibility index (Phi) is 3.28. The number of fused-ring (bicyclic) bond motifs is 1. The van der Waals surface area contributed by atoms with Gasteiger partial charge >= 0.3 is 0 Å². The van der Waals surface area contributed by atoms with Crippen LogP contribution < -0.4 is 4.74 Å². The van der Waals surface area contributed by atoms with E-state index < -0.39 is 0 Å². The molecule has 0 bridgehead atoms. The normalized spacial score (nSPS) is 17.9. The SMILES string of the molecule is OCC1=C(Cl)c2ccccc2OC1c1ccccc1. The summed E-state index contributed by atoms with van der Waals surface area (Å²) in [4.78, 5) is 0. The molecule has 0 amide bonds. The molecule has 0 radical (unpaired) electrons. The molecule has 1 N–H and O–H groups in total. The molecule has 1 aliphatic heterocycles. The van der Waals surface area contributed by atoms with Crippen molar-refractivity contribution < 1.29 is 9.84 Å². The van der Waals surface area contributed by atoms with E-state index in [1.165, 1.54) is 0 Å². The Balaban J connectivity index is 2.12. The summed E-state index contributed by atoms with van der Waals surface area (Å²) >= 11 is 6.40. The number of halogens is 1. The fraction of sp³-hybridized carbons (Fsp3) is 0.125. The van der Waals surface area contributed by atoms with Crippen molar-refractivity contribution in [2.45, 2.75) is 6.10 Å². The van der Waals surface area contributed by atoms with E-state index in [1.54, 1.807) is 0 Å². The van der Waals surface area contributed by atoms with E-state index in [1.807, 2.05) is 54.6 Å². The van der Waals surface area contributed by atoms with E-state index in [-0.39, 0.29) is 12.7 Å². The van der Waals surface area contributed by atoms with Crippen LogP contribution in [-0.4, -0.2) is 11.7 Å². The Labute approximate surface area is 116 Å². The fourth-order valence-corrected chi connectivity index (χ4v) is 2.60. The Morgan fingerprint density at radius 1 is 1.00 bits per heavy atom. The molecule has 0 aromatic heterocycles. The van der Waals surface area contributed by atoms with Crippen LogP contribution in [0.4, 0.5) is 0 Å². The maximum atomic E-state index is 9.60. The highest BCUT2D eigenvalue weighted by Crippen LogP contribution is 2.43. The van der Waals surface area contributed by atoms with Gasteiger partial charge in [0.15, 0.2) is 0 Å². The summed E-state index contributed by atoms with van der Waals surface area (Å²) < 4.78 is 5.99. The summed E-state index contributed by atoms with van der Waals surface area (Å²) in [5.74, 6) is 0.749. The fourth-order valence-electron chi connectivity index (χ4n) is 2.29. The molecule has 0 spiro atoms. The molecule has 0 aliphatic carbocycles. The van der Waals surface area contributed by atoms with Crippen molar-refractivity contribution in [1.29, 1.82) is 0 Å². The second-order valence-corrected chi connectivity index (χ2v) is 4.78. The number of para-hydroxylation sites is 1.